The van der Waals surface area contributed by atoms with Gasteiger partial charge in [-0.2, -0.15) is 0 Å². The molecule has 148 valence electrons. The molecule has 0 unspecified atom stereocenters. The monoisotopic (exact) mass is 409 g/mol. The smallest absolute Gasteiger partial charge is 0.135 e. The molecule has 2 heterocycles. The van der Waals surface area contributed by atoms with Crippen molar-refractivity contribution in [3.63, 3.8) is 0 Å². The van der Waals surface area contributed by atoms with Crippen molar-refractivity contribution >= 4 is 22.7 Å². The lowest BCUT2D eigenvalue weighted by Crippen LogP contribution is -2.28. The highest BCUT2D eigenvalue weighted by molar-refractivity contribution is 7.11. The first-order valence-corrected chi connectivity index (χ1v) is 10.0. The average Bonchev–Trinajstić information content (AvgIpc) is 3.31. The third kappa shape index (κ3) is 4.00. The number of ether oxygens (including phenoxy) is 1. The van der Waals surface area contributed by atoms with E-state index >= 15 is 0 Å². The minimum Gasteiger partial charge on any atom is -0.510 e. The first-order valence-electron chi connectivity index (χ1n) is 9.16. The SMILES string of the molecule is COc1ccc(CCN2CC(O)=C(c3nc(-c4ccc(F)cc4)cs3)C2=N)cc1. The summed E-state index contributed by atoms with van der Waals surface area (Å²) in [7, 11) is 1.64. The first-order chi connectivity index (χ1) is 14.0. The number of aromatic nitrogens is 1. The Hall–Kier alpha value is -3.19. The van der Waals surface area contributed by atoms with Gasteiger partial charge in [0.15, 0.2) is 0 Å². The van der Waals surface area contributed by atoms with Crippen LogP contribution in [0.2, 0.25) is 0 Å². The topological polar surface area (TPSA) is 69.4 Å². The lowest BCUT2D eigenvalue weighted by atomic mass is 10.1. The van der Waals surface area contributed by atoms with E-state index in [1.165, 1.54) is 23.5 Å². The van der Waals surface area contributed by atoms with Crippen molar-refractivity contribution in [2.24, 2.45) is 0 Å². The van der Waals surface area contributed by atoms with Gasteiger partial charge in [0.25, 0.3) is 0 Å². The normalized spacial score (nSPS) is 14.0. The van der Waals surface area contributed by atoms with E-state index in [4.69, 9.17) is 10.1 Å². The van der Waals surface area contributed by atoms with Gasteiger partial charge < -0.3 is 14.7 Å². The van der Waals surface area contributed by atoms with E-state index in [9.17, 15) is 9.50 Å². The highest BCUT2D eigenvalue weighted by Crippen LogP contribution is 2.32. The number of benzene rings is 2. The van der Waals surface area contributed by atoms with E-state index in [2.05, 4.69) is 4.98 Å². The fourth-order valence-electron chi connectivity index (χ4n) is 3.25. The van der Waals surface area contributed by atoms with Gasteiger partial charge in [-0.25, -0.2) is 9.37 Å². The molecule has 0 saturated heterocycles. The number of aliphatic hydroxyl groups is 1. The Kier molecular flexibility index (Phi) is 5.31. The third-order valence-electron chi connectivity index (χ3n) is 4.87. The zero-order chi connectivity index (χ0) is 20.4. The van der Waals surface area contributed by atoms with E-state index in [0.717, 1.165) is 23.3 Å². The molecule has 0 spiro atoms. The summed E-state index contributed by atoms with van der Waals surface area (Å²) >= 11 is 1.37. The van der Waals surface area contributed by atoms with Gasteiger partial charge in [-0.1, -0.05) is 12.1 Å². The first kappa shape index (κ1) is 19.1. The summed E-state index contributed by atoms with van der Waals surface area (Å²) in [6.07, 6.45) is 0.756. The Bertz CT molecular complexity index is 1060. The van der Waals surface area contributed by atoms with Gasteiger partial charge in [-0.15, -0.1) is 11.3 Å². The molecule has 0 amide bonds. The minimum absolute atomic E-state index is 0.157. The number of aliphatic hydroxyl groups excluding tert-OH is 1. The summed E-state index contributed by atoms with van der Waals surface area (Å²) in [6.45, 7) is 0.921. The van der Waals surface area contributed by atoms with Crippen LogP contribution < -0.4 is 4.74 Å². The molecule has 5 nitrogen and oxygen atoms in total. The summed E-state index contributed by atoms with van der Waals surface area (Å²) < 4.78 is 18.3. The maximum Gasteiger partial charge on any atom is 0.135 e. The molecule has 3 aromatic rings. The van der Waals surface area contributed by atoms with Crippen molar-refractivity contribution < 1.29 is 14.2 Å². The van der Waals surface area contributed by atoms with E-state index in [1.54, 1.807) is 19.2 Å². The van der Waals surface area contributed by atoms with Crippen molar-refractivity contribution in [2.45, 2.75) is 6.42 Å². The fourth-order valence-corrected chi connectivity index (χ4v) is 4.14. The average molecular weight is 409 g/mol. The van der Waals surface area contributed by atoms with Crippen LogP contribution in [0.25, 0.3) is 16.8 Å². The largest absolute Gasteiger partial charge is 0.510 e. The highest BCUT2D eigenvalue weighted by Gasteiger charge is 2.30. The van der Waals surface area contributed by atoms with Gasteiger partial charge in [0.05, 0.1) is 24.9 Å². The fraction of sp³-hybridized carbons (Fsp3) is 0.182. The van der Waals surface area contributed by atoms with Crippen LogP contribution in [0, 0.1) is 11.2 Å². The van der Waals surface area contributed by atoms with Crippen LogP contribution in [0.15, 0.2) is 59.7 Å². The zero-order valence-corrected chi connectivity index (χ0v) is 16.7. The molecule has 0 bridgehead atoms. The number of halogens is 1. The number of hydrogen-bond acceptors (Lipinski definition) is 5. The van der Waals surface area contributed by atoms with Gasteiger partial charge in [-0.3, -0.25) is 5.41 Å². The molecule has 4 rings (SSSR count). The van der Waals surface area contributed by atoms with Crippen LogP contribution >= 0.6 is 11.3 Å². The number of amidine groups is 1. The van der Waals surface area contributed by atoms with Crippen LogP contribution in [0.4, 0.5) is 4.39 Å². The Balaban J connectivity index is 1.45. The van der Waals surface area contributed by atoms with E-state index in [0.29, 0.717) is 29.4 Å². The van der Waals surface area contributed by atoms with E-state index in [-0.39, 0.29) is 17.4 Å². The Morgan fingerprint density at radius 3 is 2.59 bits per heavy atom. The third-order valence-corrected chi connectivity index (χ3v) is 5.73. The standard InChI is InChI=1S/C22H20FN3O2S/c1-28-17-8-2-14(3-9-17)10-11-26-12-19(27)20(21(26)24)22-25-18(13-29-22)15-4-6-16(23)7-5-15/h2-9,13,24,27H,10-12H2,1H3. The molecule has 1 aromatic heterocycles. The van der Waals surface area contributed by atoms with E-state index in [1.807, 2.05) is 34.5 Å². The lowest BCUT2D eigenvalue weighted by Gasteiger charge is -2.18. The van der Waals surface area contributed by atoms with Crippen LogP contribution in [0.1, 0.15) is 10.6 Å². The molecule has 1 aliphatic rings. The second kappa shape index (κ2) is 8.05. The molecule has 29 heavy (non-hydrogen) atoms. The Morgan fingerprint density at radius 2 is 1.90 bits per heavy atom. The molecule has 0 atom stereocenters. The molecule has 1 aliphatic heterocycles. The van der Waals surface area contributed by atoms with Crippen molar-refractivity contribution in [1.82, 2.24) is 9.88 Å². The Labute approximate surface area is 172 Å². The highest BCUT2D eigenvalue weighted by atomic mass is 32.1. The van der Waals surface area contributed by atoms with Crippen LogP contribution in [-0.4, -0.2) is 41.0 Å². The molecule has 2 aromatic carbocycles. The lowest BCUT2D eigenvalue weighted by molar-refractivity contribution is 0.351. The van der Waals surface area contributed by atoms with Gasteiger partial charge in [-0.05, 0) is 48.4 Å². The van der Waals surface area contributed by atoms with Crippen LogP contribution in [-0.2, 0) is 6.42 Å². The zero-order valence-electron chi connectivity index (χ0n) is 15.9. The number of rotatable bonds is 6. The molecule has 7 heteroatoms. The van der Waals surface area contributed by atoms with Crippen LogP contribution in [0.3, 0.4) is 0 Å². The molecule has 0 radical (unpaired) electrons. The second-order valence-corrected chi connectivity index (χ2v) is 7.59. The second-order valence-electron chi connectivity index (χ2n) is 6.73. The van der Waals surface area contributed by atoms with Crippen molar-refractivity contribution in [1.29, 1.82) is 5.41 Å². The molecule has 0 saturated carbocycles. The molecule has 0 fully saturated rings. The van der Waals surface area contributed by atoms with Crippen molar-refractivity contribution in [3.8, 4) is 17.0 Å². The number of nitrogens with one attached hydrogen (secondary N) is 1. The summed E-state index contributed by atoms with van der Waals surface area (Å²) in [5, 5.41) is 21.4. The quantitative estimate of drug-likeness (QED) is 0.616. The predicted octanol–water partition coefficient (Wildman–Crippen LogP) is 4.76. The maximum absolute atomic E-state index is 13.1. The van der Waals surface area contributed by atoms with Crippen molar-refractivity contribution in [2.75, 3.05) is 20.2 Å². The van der Waals surface area contributed by atoms with Gasteiger partial charge in [0, 0.05) is 17.5 Å². The summed E-state index contributed by atoms with van der Waals surface area (Å²) in [5.41, 5.74) is 3.11. The maximum atomic E-state index is 13.1. The number of nitrogens with zero attached hydrogens (tertiary/aromatic N) is 2. The molecule has 0 aliphatic carbocycles. The Morgan fingerprint density at radius 1 is 1.17 bits per heavy atom. The summed E-state index contributed by atoms with van der Waals surface area (Å²) in [4.78, 5) is 6.40. The van der Waals surface area contributed by atoms with Crippen molar-refractivity contribution in [3.05, 3.63) is 76.1 Å². The van der Waals surface area contributed by atoms with Crippen LogP contribution in [0.5, 0.6) is 5.75 Å². The van der Waals surface area contributed by atoms with Gasteiger partial charge >= 0.3 is 0 Å². The number of thiazole rings is 1. The van der Waals surface area contributed by atoms with Gasteiger partial charge in [0.1, 0.15) is 28.2 Å². The summed E-state index contributed by atoms with van der Waals surface area (Å²) in [5.74, 6) is 0.945. The minimum atomic E-state index is -0.297. The number of hydrogen-bond donors (Lipinski definition) is 2. The van der Waals surface area contributed by atoms with E-state index < -0.39 is 0 Å². The molecular weight excluding hydrogens is 389 g/mol. The predicted molar refractivity (Wildman–Crippen MR) is 113 cm³/mol. The number of methoxy groups -OCH3 is 1. The summed E-state index contributed by atoms with van der Waals surface area (Å²) in [6, 6.07) is 14.0. The molecule has 2 N–H and O–H groups in total. The van der Waals surface area contributed by atoms with Gasteiger partial charge in [0.2, 0.25) is 0 Å². The molecular formula is C22H20FN3O2S.